The van der Waals surface area contributed by atoms with Gasteiger partial charge in [-0.15, -0.1) is 11.3 Å². The predicted octanol–water partition coefficient (Wildman–Crippen LogP) is 3.92. The number of thiazole rings is 1. The highest BCUT2D eigenvalue weighted by molar-refractivity contribution is 7.99. The van der Waals surface area contributed by atoms with E-state index in [2.05, 4.69) is 24.1 Å². The van der Waals surface area contributed by atoms with E-state index in [0.29, 0.717) is 6.04 Å². The molecule has 2 nitrogen and oxygen atoms in total. The highest BCUT2D eigenvalue weighted by Crippen LogP contribution is 2.36. The number of aryl methyl sites for hydroxylation is 1. The first kappa shape index (κ1) is 12.9. The number of rotatable bonds is 4. The van der Waals surface area contributed by atoms with Crippen molar-refractivity contribution >= 4 is 23.1 Å². The largest absolute Gasteiger partial charge is 0.312 e. The zero-order chi connectivity index (χ0) is 12.4. The second-order valence-electron chi connectivity index (χ2n) is 5.37. The summed E-state index contributed by atoms with van der Waals surface area (Å²) >= 11 is 4.10. The summed E-state index contributed by atoms with van der Waals surface area (Å²) in [6.07, 6.45) is 9.54. The first-order valence-corrected chi connectivity index (χ1v) is 9.00. The van der Waals surface area contributed by atoms with Gasteiger partial charge in [-0.2, -0.15) is 11.8 Å². The predicted molar refractivity (Wildman–Crippen MR) is 80.4 cm³/mol. The van der Waals surface area contributed by atoms with Crippen LogP contribution in [0.25, 0.3) is 0 Å². The summed E-state index contributed by atoms with van der Waals surface area (Å²) in [7, 11) is 2.06. The van der Waals surface area contributed by atoms with Crippen molar-refractivity contribution in [2.24, 2.45) is 0 Å². The molecule has 1 aromatic heterocycles. The van der Waals surface area contributed by atoms with E-state index in [1.165, 1.54) is 55.6 Å². The summed E-state index contributed by atoms with van der Waals surface area (Å²) in [6.45, 7) is 0. The van der Waals surface area contributed by atoms with Gasteiger partial charge < -0.3 is 5.32 Å². The molecule has 1 fully saturated rings. The molecule has 0 bridgehead atoms. The van der Waals surface area contributed by atoms with Crippen molar-refractivity contribution < 1.29 is 0 Å². The van der Waals surface area contributed by atoms with Gasteiger partial charge in [-0.05, 0) is 39.2 Å². The minimum absolute atomic E-state index is 0.509. The van der Waals surface area contributed by atoms with Gasteiger partial charge >= 0.3 is 0 Å². The van der Waals surface area contributed by atoms with Crippen molar-refractivity contribution in [2.75, 3.05) is 7.05 Å². The lowest BCUT2D eigenvalue weighted by Gasteiger charge is -2.19. The average molecular weight is 282 g/mol. The van der Waals surface area contributed by atoms with E-state index < -0.39 is 0 Å². The highest BCUT2D eigenvalue weighted by Gasteiger charge is 2.24. The second-order valence-corrected chi connectivity index (χ2v) is 7.82. The smallest absolute Gasteiger partial charge is 0.103 e. The van der Waals surface area contributed by atoms with Gasteiger partial charge in [-0.3, -0.25) is 0 Å². The Morgan fingerprint density at radius 2 is 2.11 bits per heavy atom. The number of nitrogens with one attached hydrogen (secondary N) is 1. The number of fused-ring (bicyclic) bond motifs is 1. The third kappa shape index (κ3) is 2.75. The first-order valence-electron chi connectivity index (χ1n) is 7.14. The molecule has 1 atom stereocenters. The van der Waals surface area contributed by atoms with Gasteiger partial charge in [0.05, 0.1) is 11.7 Å². The summed E-state index contributed by atoms with van der Waals surface area (Å²) in [4.78, 5) is 6.44. The quantitative estimate of drug-likeness (QED) is 0.906. The third-order valence-electron chi connectivity index (χ3n) is 4.09. The fourth-order valence-corrected chi connectivity index (χ4v) is 5.57. The van der Waals surface area contributed by atoms with Crippen LogP contribution < -0.4 is 5.32 Å². The van der Waals surface area contributed by atoms with E-state index in [-0.39, 0.29) is 0 Å². The van der Waals surface area contributed by atoms with Gasteiger partial charge in [0.15, 0.2) is 0 Å². The maximum Gasteiger partial charge on any atom is 0.103 e. The van der Waals surface area contributed by atoms with E-state index in [0.717, 1.165) is 11.0 Å². The van der Waals surface area contributed by atoms with Crippen LogP contribution in [0.1, 0.15) is 60.1 Å². The van der Waals surface area contributed by atoms with Gasteiger partial charge in [0.1, 0.15) is 5.01 Å². The molecule has 4 heteroatoms. The van der Waals surface area contributed by atoms with E-state index in [1.54, 1.807) is 4.88 Å². The monoisotopic (exact) mass is 282 g/mol. The lowest BCUT2D eigenvalue weighted by atomic mass is 9.98. The molecule has 1 saturated carbocycles. The molecule has 0 radical (unpaired) electrons. The van der Waals surface area contributed by atoms with Crippen LogP contribution in [0, 0.1) is 0 Å². The molecule has 0 spiro atoms. The minimum Gasteiger partial charge on any atom is -0.312 e. The molecule has 0 aliphatic heterocycles. The zero-order valence-corrected chi connectivity index (χ0v) is 12.7. The molecule has 2 aliphatic rings. The number of aromatic nitrogens is 1. The molecule has 3 rings (SSSR count). The van der Waals surface area contributed by atoms with E-state index in [1.807, 2.05) is 11.3 Å². The van der Waals surface area contributed by atoms with Gasteiger partial charge in [0.2, 0.25) is 0 Å². The molecular weight excluding hydrogens is 260 g/mol. The Hall–Kier alpha value is -0.0600. The summed E-state index contributed by atoms with van der Waals surface area (Å²) < 4.78 is 0. The molecule has 100 valence electrons. The Bertz CT molecular complexity index is 396. The average Bonchev–Trinajstić information content (AvgIpc) is 3.04. The Labute approximate surface area is 118 Å². The Kier molecular flexibility index (Phi) is 4.27. The number of hydrogen-bond acceptors (Lipinski definition) is 4. The lowest BCUT2D eigenvalue weighted by Crippen LogP contribution is -2.21. The van der Waals surface area contributed by atoms with Crippen molar-refractivity contribution in [2.45, 2.75) is 62.0 Å². The highest BCUT2D eigenvalue weighted by atomic mass is 32.2. The minimum atomic E-state index is 0.509. The number of hydrogen-bond donors (Lipinski definition) is 1. The van der Waals surface area contributed by atoms with Crippen LogP contribution in [-0.2, 0) is 12.2 Å². The second kappa shape index (κ2) is 5.93. The molecule has 1 aromatic rings. The molecule has 0 aromatic carbocycles. The van der Waals surface area contributed by atoms with E-state index in [4.69, 9.17) is 4.98 Å². The first-order chi connectivity index (χ1) is 8.86. The zero-order valence-electron chi connectivity index (χ0n) is 11.1. The normalized spacial score (nSPS) is 24.4. The van der Waals surface area contributed by atoms with Crippen molar-refractivity contribution in [1.29, 1.82) is 0 Å². The van der Waals surface area contributed by atoms with Crippen LogP contribution in [0.4, 0.5) is 0 Å². The molecule has 1 N–H and O–H groups in total. The Balaban J connectivity index is 1.64. The van der Waals surface area contributed by atoms with E-state index in [9.17, 15) is 0 Å². The lowest BCUT2D eigenvalue weighted by molar-refractivity contribution is 0.489. The van der Waals surface area contributed by atoms with Crippen LogP contribution in [0.15, 0.2) is 0 Å². The molecule has 2 aliphatic carbocycles. The van der Waals surface area contributed by atoms with Crippen LogP contribution in [0.3, 0.4) is 0 Å². The van der Waals surface area contributed by atoms with Crippen LogP contribution in [0.2, 0.25) is 0 Å². The summed E-state index contributed by atoms with van der Waals surface area (Å²) in [6, 6.07) is 0.509. The van der Waals surface area contributed by atoms with Gasteiger partial charge in [-0.1, -0.05) is 12.8 Å². The van der Waals surface area contributed by atoms with Crippen LogP contribution >= 0.6 is 23.1 Å². The van der Waals surface area contributed by atoms with E-state index >= 15 is 0 Å². The molecule has 1 heterocycles. The summed E-state index contributed by atoms with van der Waals surface area (Å²) in [5.74, 6) is 1.14. The SMILES string of the molecule is CNC1CCCc2sc(CSC3CCCC3)nc21. The number of thioether (sulfide) groups is 1. The van der Waals surface area contributed by atoms with Crippen molar-refractivity contribution in [1.82, 2.24) is 10.3 Å². The molecule has 1 unspecified atom stereocenters. The molecule has 18 heavy (non-hydrogen) atoms. The maximum absolute atomic E-state index is 4.90. The molecular formula is C14H22N2S2. The van der Waals surface area contributed by atoms with Gasteiger partial charge in [0.25, 0.3) is 0 Å². The van der Waals surface area contributed by atoms with Crippen LogP contribution in [-0.4, -0.2) is 17.3 Å². The fraction of sp³-hybridized carbons (Fsp3) is 0.786. The summed E-state index contributed by atoms with van der Waals surface area (Å²) in [5.41, 5.74) is 1.36. The number of nitrogens with zero attached hydrogens (tertiary/aromatic N) is 1. The standard InChI is InChI=1S/C14H22N2S2/c1-15-11-7-4-8-12-14(11)16-13(18-12)9-17-10-5-2-3-6-10/h10-11,15H,2-9H2,1H3. The van der Waals surface area contributed by atoms with Crippen molar-refractivity contribution in [3.63, 3.8) is 0 Å². The third-order valence-corrected chi connectivity index (χ3v) is 6.79. The summed E-state index contributed by atoms with van der Waals surface area (Å²) in [5, 5.41) is 5.68. The van der Waals surface area contributed by atoms with Crippen molar-refractivity contribution in [3.05, 3.63) is 15.6 Å². The topological polar surface area (TPSA) is 24.9 Å². The fourth-order valence-electron chi connectivity index (χ4n) is 3.06. The molecule has 0 amide bonds. The maximum atomic E-state index is 4.90. The molecule has 0 saturated heterocycles. The van der Waals surface area contributed by atoms with Gasteiger partial charge in [-0.25, -0.2) is 4.98 Å². The van der Waals surface area contributed by atoms with Crippen molar-refractivity contribution in [3.8, 4) is 0 Å². The van der Waals surface area contributed by atoms with Crippen LogP contribution in [0.5, 0.6) is 0 Å². The Morgan fingerprint density at radius 1 is 1.28 bits per heavy atom. The Morgan fingerprint density at radius 3 is 2.89 bits per heavy atom. The van der Waals surface area contributed by atoms with Gasteiger partial charge in [0, 0.05) is 15.9 Å².